The number of methoxy groups -OCH3 is 1. The molecule has 8 heteroatoms. The lowest BCUT2D eigenvalue weighted by molar-refractivity contribution is -0.127. The number of nitrogens with zero attached hydrogens (tertiary/aromatic N) is 3. The zero-order chi connectivity index (χ0) is 18.8. The lowest BCUT2D eigenvalue weighted by Gasteiger charge is -2.23. The maximum Gasteiger partial charge on any atom is 0.243 e. The number of hydrogen-bond donors (Lipinski definition) is 1. The molecule has 0 aromatic heterocycles. The number of guanidine groups is 1. The number of hydrogen-bond acceptors (Lipinski definition) is 5. The molecule has 2 saturated heterocycles. The van der Waals surface area contributed by atoms with Crippen LogP contribution in [0.15, 0.2) is 4.99 Å². The second kappa shape index (κ2) is 11.4. The van der Waals surface area contributed by atoms with E-state index in [1.807, 2.05) is 0 Å². The van der Waals surface area contributed by atoms with Gasteiger partial charge in [-0.05, 0) is 19.3 Å². The molecule has 0 aromatic carbocycles. The van der Waals surface area contributed by atoms with Gasteiger partial charge in [-0.25, -0.2) is 4.99 Å². The van der Waals surface area contributed by atoms with Crippen LogP contribution in [-0.4, -0.2) is 102 Å². The molecular weight excluding hydrogens is 336 g/mol. The summed E-state index contributed by atoms with van der Waals surface area (Å²) in [5.41, 5.74) is 0. The Balaban J connectivity index is 1.85. The third kappa shape index (κ3) is 7.09. The summed E-state index contributed by atoms with van der Waals surface area (Å²) in [5, 5.41) is 3.41. The largest absolute Gasteiger partial charge is 0.382 e. The Morgan fingerprint density at radius 2 is 2.19 bits per heavy atom. The van der Waals surface area contributed by atoms with Crippen LogP contribution in [0.25, 0.3) is 0 Å². The predicted octanol–water partition coefficient (Wildman–Crippen LogP) is 0.184. The quantitative estimate of drug-likeness (QED) is 0.355. The van der Waals surface area contributed by atoms with E-state index < -0.39 is 0 Å². The van der Waals surface area contributed by atoms with Gasteiger partial charge in [0.25, 0.3) is 0 Å². The second-order valence-corrected chi connectivity index (χ2v) is 7.11. The number of amides is 1. The number of nitrogens with one attached hydrogen (secondary N) is 1. The van der Waals surface area contributed by atoms with Crippen LogP contribution in [-0.2, 0) is 19.0 Å². The highest BCUT2D eigenvalue weighted by atomic mass is 16.5. The van der Waals surface area contributed by atoms with E-state index in [0.29, 0.717) is 19.1 Å². The van der Waals surface area contributed by atoms with E-state index in [0.717, 1.165) is 58.1 Å². The van der Waals surface area contributed by atoms with Crippen molar-refractivity contribution in [1.29, 1.82) is 0 Å². The van der Waals surface area contributed by atoms with Crippen molar-refractivity contribution in [3.05, 3.63) is 0 Å². The number of rotatable bonds is 9. The molecule has 1 amide bonds. The van der Waals surface area contributed by atoms with Gasteiger partial charge >= 0.3 is 0 Å². The Morgan fingerprint density at radius 3 is 2.88 bits per heavy atom. The molecular formula is C18H34N4O4. The molecule has 2 unspecified atom stereocenters. The third-order valence-electron chi connectivity index (χ3n) is 4.75. The first-order chi connectivity index (χ1) is 12.6. The van der Waals surface area contributed by atoms with Crippen LogP contribution >= 0.6 is 0 Å². The topological polar surface area (TPSA) is 75.6 Å². The summed E-state index contributed by atoms with van der Waals surface area (Å²) in [7, 11) is 5.18. The minimum atomic E-state index is 0.0000577. The molecule has 2 aliphatic rings. The van der Waals surface area contributed by atoms with Gasteiger partial charge in [0.15, 0.2) is 5.96 Å². The van der Waals surface area contributed by atoms with Gasteiger partial charge in [0.1, 0.15) is 6.54 Å². The van der Waals surface area contributed by atoms with Crippen molar-refractivity contribution in [1.82, 2.24) is 15.1 Å². The maximum absolute atomic E-state index is 11.9. The van der Waals surface area contributed by atoms with Crippen LogP contribution in [0.5, 0.6) is 0 Å². The van der Waals surface area contributed by atoms with E-state index >= 15 is 0 Å². The molecule has 2 fully saturated rings. The summed E-state index contributed by atoms with van der Waals surface area (Å²) in [6.07, 6.45) is 3.49. The fourth-order valence-electron chi connectivity index (χ4n) is 3.12. The van der Waals surface area contributed by atoms with Crippen molar-refractivity contribution in [2.75, 3.05) is 73.8 Å². The molecule has 2 heterocycles. The Morgan fingerprint density at radius 1 is 1.35 bits per heavy atom. The molecule has 0 aromatic rings. The van der Waals surface area contributed by atoms with Crippen LogP contribution < -0.4 is 5.32 Å². The minimum absolute atomic E-state index is 0.0000577. The van der Waals surface area contributed by atoms with Crippen molar-refractivity contribution in [2.45, 2.75) is 25.4 Å². The lowest BCUT2D eigenvalue weighted by Crippen LogP contribution is -2.44. The van der Waals surface area contributed by atoms with E-state index in [9.17, 15) is 4.79 Å². The number of likely N-dealkylation sites (tertiary alicyclic amines) is 1. The Bertz CT molecular complexity index is 452. The highest BCUT2D eigenvalue weighted by Crippen LogP contribution is 2.17. The number of carbonyl (C=O) groups excluding carboxylic acids is 1. The van der Waals surface area contributed by atoms with E-state index in [2.05, 4.69) is 15.2 Å². The van der Waals surface area contributed by atoms with Crippen LogP contribution in [0.3, 0.4) is 0 Å². The third-order valence-corrected chi connectivity index (χ3v) is 4.75. The van der Waals surface area contributed by atoms with Gasteiger partial charge in [-0.15, -0.1) is 0 Å². The number of likely N-dealkylation sites (N-methyl/N-ethyl adjacent to an activating group) is 1. The zero-order valence-electron chi connectivity index (χ0n) is 16.4. The van der Waals surface area contributed by atoms with Gasteiger partial charge in [-0.1, -0.05) is 0 Å². The first-order valence-electron chi connectivity index (χ1n) is 9.52. The summed E-state index contributed by atoms with van der Waals surface area (Å²) >= 11 is 0. The van der Waals surface area contributed by atoms with Gasteiger partial charge < -0.3 is 29.3 Å². The standard InChI is InChI=1S/C18H34N4O4/c1-21(2)17(23)12-20-18(19-11-16-5-4-8-26-16)22-7-6-15(13-22)14-25-10-9-24-3/h15-16H,4-14H2,1-3H3,(H,19,20). The van der Waals surface area contributed by atoms with E-state index in [4.69, 9.17) is 14.2 Å². The highest BCUT2D eigenvalue weighted by Gasteiger charge is 2.26. The average Bonchev–Trinajstić information content (AvgIpc) is 3.30. The molecule has 8 nitrogen and oxygen atoms in total. The molecule has 2 aliphatic heterocycles. The molecule has 0 spiro atoms. The van der Waals surface area contributed by atoms with Gasteiger partial charge in [-0.3, -0.25) is 4.79 Å². The first-order valence-corrected chi connectivity index (χ1v) is 9.52. The SMILES string of the molecule is COCCOCC1CCN(C(=NCC(=O)N(C)C)NCC2CCCO2)C1. The predicted molar refractivity (Wildman–Crippen MR) is 100 cm³/mol. The summed E-state index contributed by atoms with van der Waals surface area (Å²) in [4.78, 5) is 20.3. The summed E-state index contributed by atoms with van der Waals surface area (Å²) < 4.78 is 16.4. The molecule has 2 atom stereocenters. The molecule has 150 valence electrons. The van der Waals surface area contributed by atoms with Crippen molar-refractivity contribution >= 4 is 11.9 Å². The van der Waals surface area contributed by atoms with Crippen molar-refractivity contribution in [3.63, 3.8) is 0 Å². The van der Waals surface area contributed by atoms with Gasteiger partial charge in [0.05, 0.1) is 25.9 Å². The average molecular weight is 370 g/mol. The Kier molecular flexibility index (Phi) is 9.14. The van der Waals surface area contributed by atoms with Gasteiger partial charge in [0.2, 0.25) is 5.91 Å². The van der Waals surface area contributed by atoms with Crippen LogP contribution in [0.4, 0.5) is 0 Å². The zero-order valence-corrected chi connectivity index (χ0v) is 16.4. The summed E-state index contributed by atoms with van der Waals surface area (Å²) in [5.74, 6) is 1.28. The minimum Gasteiger partial charge on any atom is -0.382 e. The monoisotopic (exact) mass is 370 g/mol. The number of aliphatic imine (C=N–C) groups is 1. The van der Waals surface area contributed by atoms with Crippen molar-refractivity contribution in [2.24, 2.45) is 10.9 Å². The molecule has 0 aliphatic carbocycles. The van der Waals surface area contributed by atoms with Crippen LogP contribution in [0, 0.1) is 5.92 Å². The lowest BCUT2D eigenvalue weighted by atomic mass is 10.1. The van der Waals surface area contributed by atoms with E-state index in [1.54, 1.807) is 26.1 Å². The summed E-state index contributed by atoms with van der Waals surface area (Å²) in [6, 6.07) is 0. The van der Waals surface area contributed by atoms with Gasteiger partial charge in [-0.2, -0.15) is 0 Å². The molecule has 26 heavy (non-hydrogen) atoms. The van der Waals surface area contributed by atoms with E-state index in [-0.39, 0.29) is 18.6 Å². The van der Waals surface area contributed by atoms with Crippen molar-refractivity contribution < 1.29 is 19.0 Å². The molecule has 0 saturated carbocycles. The van der Waals surface area contributed by atoms with Crippen molar-refractivity contribution in [3.8, 4) is 0 Å². The maximum atomic E-state index is 11.9. The Labute approximate surface area is 156 Å². The molecule has 1 N–H and O–H groups in total. The molecule has 0 radical (unpaired) electrons. The van der Waals surface area contributed by atoms with Crippen LogP contribution in [0.2, 0.25) is 0 Å². The number of ether oxygens (including phenoxy) is 3. The first kappa shape index (κ1) is 20.9. The smallest absolute Gasteiger partial charge is 0.243 e. The number of carbonyl (C=O) groups is 1. The second-order valence-electron chi connectivity index (χ2n) is 7.11. The molecule has 0 bridgehead atoms. The Hall–Kier alpha value is -1.38. The van der Waals surface area contributed by atoms with E-state index in [1.165, 1.54) is 0 Å². The summed E-state index contributed by atoms with van der Waals surface area (Å²) in [6.45, 7) is 5.53. The van der Waals surface area contributed by atoms with Crippen LogP contribution in [0.1, 0.15) is 19.3 Å². The van der Waals surface area contributed by atoms with Gasteiger partial charge in [0, 0.05) is 53.4 Å². The fraction of sp³-hybridized carbons (Fsp3) is 0.889. The normalized spacial score (nSPS) is 23.5. The fourth-order valence-corrected chi connectivity index (χ4v) is 3.12. The molecule has 2 rings (SSSR count). The highest BCUT2D eigenvalue weighted by molar-refractivity contribution is 5.85.